The van der Waals surface area contributed by atoms with Crippen molar-refractivity contribution in [2.75, 3.05) is 25.6 Å². The average Bonchev–Trinajstić information content (AvgIpc) is 2.64. The van der Waals surface area contributed by atoms with Crippen molar-refractivity contribution >= 4 is 23.6 Å². The number of amides is 1. The van der Waals surface area contributed by atoms with Crippen LogP contribution in [0.2, 0.25) is 0 Å². The predicted octanol–water partition coefficient (Wildman–Crippen LogP) is 2.99. The van der Waals surface area contributed by atoms with Crippen LogP contribution >= 0.6 is 0 Å². The summed E-state index contributed by atoms with van der Waals surface area (Å²) >= 11 is 0. The highest BCUT2D eigenvalue weighted by Crippen LogP contribution is 2.22. The Kier molecular flexibility index (Phi) is 7.00. The number of ether oxygens (including phenoxy) is 1. The maximum absolute atomic E-state index is 12.4. The van der Waals surface area contributed by atoms with Gasteiger partial charge in [-0.05, 0) is 56.9 Å². The number of carbonyl (C=O) groups excluding carboxylic acids is 2. The first-order valence-corrected chi connectivity index (χ1v) is 9.21. The molecule has 0 aliphatic carbocycles. The summed E-state index contributed by atoms with van der Waals surface area (Å²) in [7, 11) is 3.87. The van der Waals surface area contributed by atoms with Gasteiger partial charge in [0.2, 0.25) is 0 Å². The Morgan fingerprint density at radius 1 is 1.22 bits per heavy atom. The van der Waals surface area contributed by atoms with Crippen molar-refractivity contribution < 1.29 is 14.3 Å². The summed E-state index contributed by atoms with van der Waals surface area (Å²) in [5.41, 5.74) is 1.61. The van der Waals surface area contributed by atoms with Crippen LogP contribution in [0, 0.1) is 11.3 Å². The van der Waals surface area contributed by atoms with E-state index >= 15 is 0 Å². The zero-order valence-electron chi connectivity index (χ0n) is 16.4. The summed E-state index contributed by atoms with van der Waals surface area (Å²) in [5, 5.41) is 9.28. The molecule has 0 radical (unpaired) electrons. The molecule has 6 heteroatoms. The van der Waals surface area contributed by atoms with Crippen molar-refractivity contribution in [3.8, 4) is 6.07 Å². The fraction of sp³-hybridized carbons (Fsp3) is 0.476. The highest BCUT2D eigenvalue weighted by Gasteiger charge is 2.29. The minimum absolute atomic E-state index is 0.125. The van der Waals surface area contributed by atoms with E-state index in [-0.39, 0.29) is 30.2 Å². The Morgan fingerprint density at radius 3 is 2.33 bits per heavy atom. The van der Waals surface area contributed by atoms with Crippen LogP contribution in [0.4, 0.5) is 5.69 Å². The third kappa shape index (κ3) is 5.33. The number of rotatable bonds is 5. The summed E-state index contributed by atoms with van der Waals surface area (Å²) in [6.07, 6.45) is 4.48. The van der Waals surface area contributed by atoms with Gasteiger partial charge < -0.3 is 14.5 Å². The van der Waals surface area contributed by atoms with Gasteiger partial charge in [-0.1, -0.05) is 12.1 Å². The third-order valence-electron chi connectivity index (χ3n) is 4.87. The molecule has 1 aromatic carbocycles. The van der Waals surface area contributed by atoms with Gasteiger partial charge in [0, 0.05) is 31.9 Å². The molecule has 1 saturated heterocycles. The van der Waals surface area contributed by atoms with Crippen molar-refractivity contribution in [3.05, 3.63) is 35.4 Å². The van der Waals surface area contributed by atoms with Crippen molar-refractivity contribution in [2.24, 2.45) is 0 Å². The molecule has 1 fully saturated rings. The van der Waals surface area contributed by atoms with Crippen LogP contribution in [-0.2, 0) is 14.3 Å². The molecule has 1 aliphatic heterocycles. The van der Waals surface area contributed by atoms with Gasteiger partial charge in [-0.3, -0.25) is 4.79 Å². The first kappa shape index (κ1) is 20.5. The zero-order chi connectivity index (χ0) is 20.0. The standard InChI is InChI=1S/C21H27N3O3/c1-15-6-5-7-16(2)24(15)20(25)14-27-21(26)18(13-22)12-17-8-10-19(11-9-17)23(3)4/h8-12,15-16H,5-7,14H2,1-4H3/b18-12+. The number of likely N-dealkylation sites (tertiary alicyclic amines) is 1. The smallest absolute Gasteiger partial charge is 0.349 e. The Bertz CT molecular complexity index is 737. The second kappa shape index (κ2) is 9.22. The molecule has 1 amide bonds. The molecule has 0 N–H and O–H groups in total. The van der Waals surface area contributed by atoms with Gasteiger partial charge in [0.1, 0.15) is 11.6 Å². The molecule has 27 heavy (non-hydrogen) atoms. The van der Waals surface area contributed by atoms with E-state index in [1.807, 2.05) is 63.2 Å². The van der Waals surface area contributed by atoms with E-state index in [0.29, 0.717) is 0 Å². The van der Waals surface area contributed by atoms with Crippen molar-refractivity contribution in [2.45, 2.75) is 45.2 Å². The van der Waals surface area contributed by atoms with Gasteiger partial charge in [0.05, 0.1) is 0 Å². The number of esters is 1. The molecule has 2 rings (SSSR count). The van der Waals surface area contributed by atoms with Crippen molar-refractivity contribution in [1.29, 1.82) is 5.26 Å². The SMILES string of the molecule is CC1CCCC(C)N1C(=O)COC(=O)/C(C#N)=C/c1ccc(N(C)C)cc1. The lowest BCUT2D eigenvalue weighted by Crippen LogP contribution is -2.49. The monoisotopic (exact) mass is 369 g/mol. The number of nitriles is 1. The Hall–Kier alpha value is -2.81. The minimum Gasteiger partial charge on any atom is -0.451 e. The third-order valence-corrected chi connectivity index (χ3v) is 4.87. The van der Waals surface area contributed by atoms with Crippen LogP contribution < -0.4 is 4.90 Å². The molecule has 6 nitrogen and oxygen atoms in total. The fourth-order valence-corrected chi connectivity index (χ4v) is 3.36. The van der Waals surface area contributed by atoms with Gasteiger partial charge in [-0.25, -0.2) is 4.79 Å². The molecule has 2 atom stereocenters. The lowest BCUT2D eigenvalue weighted by molar-refractivity contribution is -0.151. The van der Waals surface area contributed by atoms with Crippen LogP contribution in [0.3, 0.4) is 0 Å². The predicted molar refractivity (Wildman–Crippen MR) is 105 cm³/mol. The van der Waals surface area contributed by atoms with Crippen molar-refractivity contribution in [3.63, 3.8) is 0 Å². The largest absolute Gasteiger partial charge is 0.451 e. The number of piperidine rings is 1. The normalized spacial score (nSPS) is 20.0. The van der Waals surface area contributed by atoms with Gasteiger partial charge in [-0.2, -0.15) is 5.26 Å². The summed E-state index contributed by atoms with van der Waals surface area (Å²) in [5.74, 6) is -0.990. The van der Waals surface area contributed by atoms with Gasteiger partial charge in [0.15, 0.2) is 6.61 Å². The minimum atomic E-state index is -0.778. The highest BCUT2D eigenvalue weighted by atomic mass is 16.5. The van der Waals surface area contributed by atoms with Crippen LogP contribution in [0.1, 0.15) is 38.7 Å². The summed E-state index contributed by atoms with van der Waals surface area (Å²) in [6, 6.07) is 9.58. The van der Waals surface area contributed by atoms with E-state index in [2.05, 4.69) is 0 Å². The fourth-order valence-electron chi connectivity index (χ4n) is 3.36. The molecule has 0 saturated carbocycles. The lowest BCUT2D eigenvalue weighted by atomic mass is 9.97. The summed E-state index contributed by atoms with van der Waals surface area (Å²) in [6.45, 7) is 3.67. The molecule has 144 valence electrons. The first-order valence-electron chi connectivity index (χ1n) is 9.21. The van der Waals surface area contributed by atoms with Crippen molar-refractivity contribution in [1.82, 2.24) is 4.90 Å². The summed E-state index contributed by atoms with van der Waals surface area (Å²) < 4.78 is 5.11. The van der Waals surface area contributed by atoms with E-state index in [9.17, 15) is 14.9 Å². The van der Waals surface area contributed by atoms with E-state index in [1.165, 1.54) is 6.08 Å². The van der Waals surface area contributed by atoms with E-state index in [4.69, 9.17) is 4.74 Å². The molecular formula is C21H27N3O3. The van der Waals surface area contributed by atoms with Crippen LogP contribution in [0.5, 0.6) is 0 Å². The average molecular weight is 369 g/mol. The van der Waals surface area contributed by atoms with E-state index in [0.717, 1.165) is 30.5 Å². The van der Waals surface area contributed by atoms with Crippen LogP contribution in [0.25, 0.3) is 6.08 Å². The molecule has 0 spiro atoms. The van der Waals surface area contributed by atoms with Gasteiger partial charge in [-0.15, -0.1) is 0 Å². The first-order chi connectivity index (χ1) is 12.8. The number of anilines is 1. The maximum atomic E-state index is 12.4. The molecule has 1 aromatic rings. The molecular weight excluding hydrogens is 342 g/mol. The molecule has 0 bridgehead atoms. The molecule has 1 aliphatic rings. The number of hydrogen-bond donors (Lipinski definition) is 0. The molecule has 0 aromatic heterocycles. The lowest BCUT2D eigenvalue weighted by Gasteiger charge is -2.38. The Labute approximate surface area is 161 Å². The van der Waals surface area contributed by atoms with Gasteiger partial charge in [0.25, 0.3) is 5.91 Å². The topological polar surface area (TPSA) is 73.6 Å². The number of benzene rings is 1. The van der Waals surface area contributed by atoms with Gasteiger partial charge >= 0.3 is 5.97 Å². The zero-order valence-corrected chi connectivity index (χ0v) is 16.4. The summed E-state index contributed by atoms with van der Waals surface area (Å²) in [4.78, 5) is 28.4. The Morgan fingerprint density at radius 2 is 1.81 bits per heavy atom. The van der Waals surface area contributed by atoms with E-state index in [1.54, 1.807) is 4.90 Å². The Balaban J connectivity index is 2.00. The second-order valence-corrected chi connectivity index (χ2v) is 7.16. The van der Waals surface area contributed by atoms with Crippen LogP contribution in [0.15, 0.2) is 29.8 Å². The number of carbonyl (C=O) groups is 2. The van der Waals surface area contributed by atoms with Crippen LogP contribution in [-0.4, -0.2) is 49.6 Å². The quantitative estimate of drug-likeness (QED) is 0.453. The maximum Gasteiger partial charge on any atom is 0.349 e. The van der Waals surface area contributed by atoms with E-state index < -0.39 is 5.97 Å². The highest BCUT2D eigenvalue weighted by molar-refractivity contribution is 5.98. The second-order valence-electron chi connectivity index (χ2n) is 7.16. The number of nitrogens with zero attached hydrogens (tertiary/aromatic N) is 3. The number of hydrogen-bond acceptors (Lipinski definition) is 5. The molecule has 2 unspecified atom stereocenters. The molecule has 1 heterocycles.